The van der Waals surface area contributed by atoms with Crippen LogP contribution in [0.2, 0.25) is 0 Å². The quantitative estimate of drug-likeness (QED) is 0.340. The van der Waals surface area contributed by atoms with E-state index in [1.807, 2.05) is 12.1 Å². The number of methoxy groups -OCH3 is 2. The predicted molar refractivity (Wildman–Crippen MR) is 137 cm³/mol. The van der Waals surface area contributed by atoms with Crippen molar-refractivity contribution in [3.05, 3.63) is 108 Å². The highest BCUT2D eigenvalue weighted by Crippen LogP contribution is 2.31. The molecule has 3 aromatic carbocycles. The van der Waals surface area contributed by atoms with Gasteiger partial charge in [0, 0.05) is 35.3 Å². The molecule has 0 unspecified atom stereocenters. The number of amides is 2. The summed E-state index contributed by atoms with van der Waals surface area (Å²) in [6.07, 6.45) is 3.41. The van der Waals surface area contributed by atoms with E-state index in [0.717, 1.165) is 5.56 Å². The fraction of sp³-hybridized carbons (Fsp3) is 0.107. The van der Waals surface area contributed by atoms with Crippen LogP contribution in [0, 0.1) is 0 Å². The lowest BCUT2D eigenvalue weighted by molar-refractivity contribution is 0.102. The number of aromatic nitrogens is 1. The minimum atomic E-state index is -0.385. The molecule has 0 aliphatic heterocycles. The molecule has 0 spiro atoms. The van der Waals surface area contributed by atoms with Crippen LogP contribution >= 0.6 is 0 Å². The van der Waals surface area contributed by atoms with Crippen molar-refractivity contribution in [3.8, 4) is 17.2 Å². The van der Waals surface area contributed by atoms with Crippen molar-refractivity contribution in [1.29, 1.82) is 0 Å². The summed E-state index contributed by atoms with van der Waals surface area (Å²) in [7, 11) is 3.11. The first-order valence-corrected chi connectivity index (χ1v) is 11.1. The number of hydrogen-bond donors (Lipinski definition) is 2. The third-order valence-electron chi connectivity index (χ3n) is 5.31. The fourth-order valence-electron chi connectivity index (χ4n) is 3.44. The summed E-state index contributed by atoms with van der Waals surface area (Å²) in [5, 5.41) is 5.67. The number of rotatable bonds is 9. The number of carbonyl (C=O) groups excluding carboxylic acids is 2. The molecular formula is C28H25N3O5. The molecule has 0 saturated heterocycles. The zero-order chi connectivity index (χ0) is 25.3. The maximum atomic E-state index is 13.1. The average molecular weight is 484 g/mol. The van der Waals surface area contributed by atoms with Gasteiger partial charge < -0.3 is 24.8 Å². The van der Waals surface area contributed by atoms with Crippen molar-refractivity contribution in [2.24, 2.45) is 0 Å². The smallest absolute Gasteiger partial charge is 0.257 e. The van der Waals surface area contributed by atoms with E-state index in [1.165, 1.54) is 0 Å². The first kappa shape index (κ1) is 24.3. The molecule has 2 amide bonds. The molecule has 2 N–H and O–H groups in total. The van der Waals surface area contributed by atoms with Gasteiger partial charge in [-0.25, -0.2) is 0 Å². The predicted octanol–water partition coefficient (Wildman–Crippen LogP) is 5.18. The molecule has 0 saturated carbocycles. The van der Waals surface area contributed by atoms with Crippen LogP contribution in [0.4, 0.5) is 11.4 Å². The van der Waals surface area contributed by atoms with Crippen LogP contribution in [0.1, 0.15) is 26.3 Å². The summed E-state index contributed by atoms with van der Waals surface area (Å²) in [6, 6.07) is 22.4. The van der Waals surface area contributed by atoms with Crippen molar-refractivity contribution in [2.75, 3.05) is 24.9 Å². The van der Waals surface area contributed by atoms with E-state index in [-0.39, 0.29) is 11.8 Å². The number of para-hydroxylation sites is 1. The number of nitrogens with one attached hydrogen (secondary N) is 2. The zero-order valence-corrected chi connectivity index (χ0v) is 19.9. The summed E-state index contributed by atoms with van der Waals surface area (Å²) in [4.78, 5) is 29.9. The van der Waals surface area contributed by atoms with Gasteiger partial charge in [0.2, 0.25) is 0 Å². The third-order valence-corrected chi connectivity index (χ3v) is 5.31. The van der Waals surface area contributed by atoms with Crippen LogP contribution in [0.15, 0.2) is 91.3 Å². The van der Waals surface area contributed by atoms with Gasteiger partial charge in [-0.15, -0.1) is 0 Å². The Morgan fingerprint density at radius 1 is 0.806 bits per heavy atom. The van der Waals surface area contributed by atoms with Crippen molar-refractivity contribution in [3.63, 3.8) is 0 Å². The number of nitrogens with zero attached hydrogens (tertiary/aromatic N) is 1. The largest absolute Gasteiger partial charge is 0.497 e. The Labute approximate surface area is 208 Å². The van der Waals surface area contributed by atoms with E-state index >= 15 is 0 Å². The molecule has 36 heavy (non-hydrogen) atoms. The van der Waals surface area contributed by atoms with Gasteiger partial charge in [0.25, 0.3) is 11.8 Å². The van der Waals surface area contributed by atoms with Gasteiger partial charge in [-0.3, -0.25) is 14.6 Å². The first-order valence-electron chi connectivity index (χ1n) is 11.1. The van der Waals surface area contributed by atoms with Crippen LogP contribution in [0.3, 0.4) is 0 Å². The number of ether oxygens (including phenoxy) is 3. The van der Waals surface area contributed by atoms with Crippen LogP contribution in [-0.2, 0) is 6.61 Å². The van der Waals surface area contributed by atoms with Gasteiger partial charge in [-0.1, -0.05) is 18.2 Å². The second-order valence-corrected chi connectivity index (χ2v) is 7.70. The monoisotopic (exact) mass is 483 g/mol. The lowest BCUT2D eigenvalue weighted by Gasteiger charge is -2.14. The summed E-state index contributed by atoms with van der Waals surface area (Å²) >= 11 is 0. The first-order chi connectivity index (χ1) is 17.6. The van der Waals surface area contributed by atoms with E-state index in [0.29, 0.717) is 46.4 Å². The lowest BCUT2D eigenvalue weighted by Crippen LogP contribution is -2.18. The third kappa shape index (κ3) is 5.98. The second kappa shape index (κ2) is 11.5. The Morgan fingerprint density at radius 2 is 1.61 bits per heavy atom. The van der Waals surface area contributed by atoms with Crippen LogP contribution in [0.5, 0.6) is 17.2 Å². The van der Waals surface area contributed by atoms with E-state index in [1.54, 1.807) is 93.3 Å². The van der Waals surface area contributed by atoms with Gasteiger partial charge in [0.1, 0.15) is 12.4 Å². The van der Waals surface area contributed by atoms with E-state index in [2.05, 4.69) is 15.6 Å². The van der Waals surface area contributed by atoms with Crippen LogP contribution < -0.4 is 24.8 Å². The highest BCUT2D eigenvalue weighted by molar-refractivity contribution is 6.12. The normalized spacial score (nSPS) is 10.3. The summed E-state index contributed by atoms with van der Waals surface area (Å²) in [5.74, 6) is 0.927. The molecule has 1 heterocycles. The Kier molecular flexibility index (Phi) is 7.77. The number of benzene rings is 3. The Bertz CT molecular complexity index is 1340. The molecular weight excluding hydrogens is 458 g/mol. The molecule has 0 bridgehead atoms. The lowest BCUT2D eigenvalue weighted by atomic mass is 10.1. The minimum Gasteiger partial charge on any atom is -0.497 e. The fourth-order valence-corrected chi connectivity index (χ4v) is 3.44. The molecule has 0 fully saturated rings. The minimum absolute atomic E-state index is 0.293. The van der Waals surface area contributed by atoms with Crippen molar-refractivity contribution < 1.29 is 23.8 Å². The summed E-state index contributed by atoms with van der Waals surface area (Å²) in [6.45, 7) is 0.293. The van der Waals surface area contributed by atoms with E-state index < -0.39 is 0 Å². The highest BCUT2D eigenvalue weighted by Gasteiger charge is 2.16. The van der Waals surface area contributed by atoms with Gasteiger partial charge in [0.15, 0.2) is 11.5 Å². The number of anilines is 2. The van der Waals surface area contributed by atoms with Crippen molar-refractivity contribution in [2.45, 2.75) is 6.61 Å². The topological polar surface area (TPSA) is 98.8 Å². The molecule has 0 aliphatic carbocycles. The molecule has 8 nitrogen and oxygen atoms in total. The van der Waals surface area contributed by atoms with E-state index in [9.17, 15) is 9.59 Å². The van der Waals surface area contributed by atoms with Crippen molar-refractivity contribution >= 4 is 23.2 Å². The molecule has 1 aromatic heterocycles. The maximum Gasteiger partial charge on any atom is 0.257 e. The number of pyridine rings is 1. The Balaban J connectivity index is 1.48. The van der Waals surface area contributed by atoms with Gasteiger partial charge in [-0.05, 0) is 54.6 Å². The molecule has 0 aliphatic rings. The number of hydrogen-bond acceptors (Lipinski definition) is 6. The molecule has 0 atom stereocenters. The second-order valence-electron chi connectivity index (χ2n) is 7.70. The van der Waals surface area contributed by atoms with Gasteiger partial charge in [-0.2, -0.15) is 0 Å². The molecule has 4 rings (SSSR count). The maximum absolute atomic E-state index is 13.1. The van der Waals surface area contributed by atoms with Gasteiger partial charge >= 0.3 is 0 Å². The molecule has 8 heteroatoms. The Morgan fingerprint density at radius 3 is 2.33 bits per heavy atom. The highest BCUT2D eigenvalue weighted by atomic mass is 16.5. The van der Waals surface area contributed by atoms with Crippen LogP contribution in [0.25, 0.3) is 0 Å². The Hall–Kier alpha value is -4.85. The SMILES string of the molecule is COc1ccc(C(=O)Nc2ccccc2C(=O)Nc2ccc(OC)c(OCc3cccnc3)c2)cc1. The van der Waals surface area contributed by atoms with Crippen molar-refractivity contribution in [1.82, 2.24) is 4.98 Å². The van der Waals surface area contributed by atoms with Crippen LogP contribution in [-0.4, -0.2) is 31.0 Å². The molecule has 0 radical (unpaired) electrons. The van der Waals surface area contributed by atoms with Gasteiger partial charge in [0.05, 0.1) is 25.5 Å². The zero-order valence-electron chi connectivity index (χ0n) is 19.9. The standard InChI is InChI=1S/C28H25N3O5/c1-34-22-12-9-20(10-13-22)27(32)31-24-8-4-3-7-23(24)28(33)30-21-11-14-25(35-2)26(16-21)36-18-19-6-5-15-29-17-19/h3-17H,18H2,1-2H3,(H,30,33)(H,31,32). The summed E-state index contributed by atoms with van der Waals surface area (Å²) in [5.41, 5.74) is 2.55. The average Bonchev–Trinajstić information content (AvgIpc) is 2.93. The molecule has 4 aromatic rings. The summed E-state index contributed by atoms with van der Waals surface area (Å²) < 4.78 is 16.4. The van der Waals surface area contributed by atoms with E-state index in [4.69, 9.17) is 14.2 Å². The molecule has 182 valence electrons. The number of carbonyl (C=O) groups is 2.